The van der Waals surface area contributed by atoms with Gasteiger partial charge in [-0.3, -0.25) is 4.99 Å². The monoisotopic (exact) mass is 329 g/mol. The molecule has 5 heteroatoms. The summed E-state index contributed by atoms with van der Waals surface area (Å²) in [6.07, 6.45) is 0. The third-order valence-electron chi connectivity index (χ3n) is 3.97. The lowest BCUT2D eigenvalue weighted by atomic mass is 10.0. The molecule has 2 aromatic rings. The van der Waals surface area contributed by atoms with E-state index in [1.165, 1.54) is 17.2 Å². The van der Waals surface area contributed by atoms with E-state index in [9.17, 15) is 4.39 Å². The second-order valence-electron chi connectivity index (χ2n) is 5.73. The maximum absolute atomic E-state index is 13.4. The van der Waals surface area contributed by atoms with Crippen molar-refractivity contribution in [3.8, 4) is 0 Å². The fraction of sp³-hybridized carbons (Fsp3) is 0.316. The summed E-state index contributed by atoms with van der Waals surface area (Å²) in [5.41, 5.74) is 3.61. The SMILES string of the molecule is CN=C(NCc1ccc(F)c(CO)c1)NC(C)c1ccccc1C. The van der Waals surface area contributed by atoms with Gasteiger partial charge in [-0.05, 0) is 42.7 Å². The van der Waals surface area contributed by atoms with E-state index in [1.54, 1.807) is 19.2 Å². The average molecular weight is 329 g/mol. The molecule has 0 heterocycles. The fourth-order valence-electron chi connectivity index (χ4n) is 2.60. The van der Waals surface area contributed by atoms with E-state index in [2.05, 4.69) is 41.6 Å². The van der Waals surface area contributed by atoms with Crippen molar-refractivity contribution in [1.29, 1.82) is 0 Å². The standard InChI is InChI=1S/C19H24FN3O/c1-13-6-4-5-7-17(13)14(2)23-19(21-3)22-11-15-8-9-18(20)16(10-15)12-24/h4-10,14,24H,11-12H2,1-3H3,(H2,21,22,23). The van der Waals surface area contributed by atoms with E-state index in [0.29, 0.717) is 18.1 Å². The van der Waals surface area contributed by atoms with Crippen molar-refractivity contribution in [3.63, 3.8) is 0 Å². The molecule has 0 saturated heterocycles. The first kappa shape index (κ1) is 17.9. The lowest BCUT2D eigenvalue weighted by Crippen LogP contribution is -2.38. The molecule has 2 aromatic carbocycles. The van der Waals surface area contributed by atoms with E-state index >= 15 is 0 Å². The highest BCUT2D eigenvalue weighted by Crippen LogP contribution is 2.16. The van der Waals surface area contributed by atoms with Gasteiger partial charge in [-0.15, -0.1) is 0 Å². The van der Waals surface area contributed by atoms with Crippen LogP contribution in [0.2, 0.25) is 0 Å². The molecule has 128 valence electrons. The Balaban J connectivity index is 1.99. The second kappa shape index (κ2) is 8.45. The molecule has 0 radical (unpaired) electrons. The van der Waals surface area contributed by atoms with Gasteiger partial charge < -0.3 is 15.7 Å². The number of guanidine groups is 1. The van der Waals surface area contributed by atoms with E-state index in [4.69, 9.17) is 5.11 Å². The molecule has 4 nitrogen and oxygen atoms in total. The number of hydrogen-bond acceptors (Lipinski definition) is 2. The largest absolute Gasteiger partial charge is 0.392 e. The maximum atomic E-state index is 13.4. The molecule has 0 fully saturated rings. The fourth-order valence-corrected chi connectivity index (χ4v) is 2.60. The van der Waals surface area contributed by atoms with E-state index < -0.39 is 5.82 Å². The molecule has 0 aliphatic rings. The molecule has 3 N–H and O–H groups in total. The zero-order valence-electron chi connectivity index (χ0n) is 14.3. The number of aliphatic imine (C=N–C) groups is 1. The van der Waals surface area contributed by atoms with Crippen molar-refractivity contribution in [2.45, 2.75) is 33.0 Å². The Hall–Kier alpha value is -2.40. The van der Waals surface area contributed by atoms with Crippen molar-refractivity contribution in [2.75, 3.05) is 7.05 Å². The van der Waals surface area contributed by atoms with Crippen LogP contribution in [0, 0.1) is 12.7 Å². The van der Waals surface area contributed by atoms with Crippen LogP contribution < -0.4 is 10.6 Å². The Morgan fingerprint density at radius 3 is 2.67 bits per heavy atom. The molecule has 1 unspecified atom stereocenters. The van der Waals surface area contributed by atoms with E-state index in [0.717, 1.165) is 5.56 Å². The zero-order valence-corrected chi connectivity index (χ0v) is 14.3. The topological polar surface area (TPSA) is 56.7 Å². The first-order valence-corrected chi connectivity index (χ1v) is 7.96. The minimum atomic E-state index is -0.392. The minimum Gasteiger partial charge on any atom is -0.392 e. The number of halogens is 1. The van der Waals surface area contributed by atoms with Crippen LogP contribution in [-0.4, -0.2) is 18.1 Å². The van der Waals surface area contributed by atoms with Gasteiger partial charge in [0.05, 0.1) is 12.6 Å². The lowest BCUT2D eigenvalue weighted by molar-refractivity contribution is 0.275. The summed E-state index contributed by atoms with van der Waals surface area (Å²) >= 11 is 0. The van der Waals surface area contributed by atoms with Gasteiger partial charge >= 0.3 is 0 Å². The molecular formula is C19H24FN3O. The third-order valence-corrected chi connectivity index (χ3v) is 3.97. The minimum absolute atomic E-state index is 0.110. The molecule has 0 aliphatic carbocycles. The molecule has 0 spiro atoms. The Morgan fingerprint density at radius 2 is 2.00 bits per heavy atom. The average Bonchev–Trinajstić information content (AvgIpc) is 2.59. The predicted octanol–water partition coefficient (Wildman–Crippen LogP) is 3.05. The zero-order chi connectivity index (χ0) is 17.5. The summed E-state index contributed by atoms with van der Waals surface area (Å²) < 4.78 is 13.4. The number of aryl methyl sites for hydroxylation is 1. The van der Waals surface area contributed by atoms with Crippen LogP contribution in [0.5, 0.6) is 0 Å². The predicted molar refractivity (Wildman–Crippen MR) is 95.3 cm³/mol. The summed E-state index contributed by atoms with van der Waals surface area (Å²) in [6.45, 7) is 4.35. The molecule has 0 amide bonds. The van der Waals surface area contributed by atoms with Gasteiger partial charge in [-0.1, -0.05) is 30.3 Å². The van der Waals surface area contributed by atoms with Crippen LogP contribution in [0.25, 0.3) is 0 Å². The quantitative estimate of drug-likeness (QED) is 0.584. The van der Waals surface area contributed by atoms with E-state index in [1.807, 2.05) is 12.1 Å². The molecule has 1 atom stereocenters. The normalized spacial score (nSPS) is 12.8. The Kier molecular flexibility index (Phi) is 6.32. The highest BCUT2D eigenvalue weighted by molar-refractivity contribution is 5.80. The van der Waals surface area contributed by atoms with Crippen LogP contribution in [0.15, 0.2) is 47.5 Å². The molecule has 0 aromatic heterocycles. The van der Waals surface area contributed by atoms with Gasteiger partial charge in [0.15, 0.2) is 5.96 Å². The number of nitrogens with one attached hydrogen (secondary N) is 2. The van der Waals surface area contributed by atoms with Crippen molar-refractivity contribution in [1.82, 2.24) is 10.6 Å². The summed E-state index contributed by atoms with van der Waals surface area (Å²) in [7, 11) is 1.71. The van der Waals surface area contributed by atoms with Crippen LogP contribution >= 0.6 is 0 Å². The van der Waals surface area contributed by atoms with Crippen LogP contribution in [0.4, 0.5) is 4.39 Å². The molecular weight excluding hydrogens is 305 g/mol. The van der Waals surface area contributed by atoms with Gasteiger partial charge in [0.25, 0.3) is 0 Å². The number of benzene rings is 2. The number of aliphatic hydroxyl groups is 1. The number of nitrogens with zero attached hydrogens (tertiary/aromatic N) is 1. The van der Waals surface area contributed by atoms with Gasteiger partial charge in [0.1, 0.15) is 5.82 Å². The number of hydrogen-bond donors (Lipinski definition) is 3. The Morgan fingerprint density at radius 1 is 1.25 bits per heavy atom. The van der Waals surface area contributed by atoms with E-state index in [-0.39, 0.29) is 12.6 Å². The van der Waals surface area contributed by atoms with Crippen molar-refractivity contribution in [2.24, 2.45) is 4.99 Å². The first-order valence-electron chi connectivity index (χ1n) is 7.96. The van der Waals surface area contributed by atoms with Gasteiger partial charge in [0, 0.05) is 19.2 Å². The summed E-state index contributed by atoms with van der Waals surface area (Å²) in [5, 5.41) is 15.7. The molecule has 0 aliphatic heterocycles. The molecule has 2 rings (SSSR count). The van der Waals surface area contributed by atoms with Crippen LogP contribution in [0.1, 0.15) is 35.2 Å². The van der Waals surface area contributed by atoms with Crippen molar-refractivity contribution in [3.05, 3.63) is 70.5 Å². The highest BCUT2D eigenvalue weighted by atomic mass is 19.1. The maximum Gasteiger partial charge on any atom is 0.191 e. The lowest BCUT2D eigenvalue weighted by Gasteiger charge is -2.20. The molecule has 0 bridgehead atoms. The third kappa shape index (κ3) is 4.55. The molecule has 0 saturated carbocycles. The van der Waals surface area contributed by atoms with Crippen molar-refractivity contribution >= 4 is 5.96 Å². The van der Waals surface area contributed by atoms with Gasteiger partial charge in [0.2, 0.25) is 0 Å². The van der Waals surface area contributed by atoms with Gasteiger partial charge in [-0.2, -0.15) is 0 Å². The second-order valence-corrected chi connectivity index (χ2v) is 5.73. The Labute approximate surface area is 142 Å². The first-order chi connectivity index (χ1) is 11.5. The summed E-state index contributed by atoms with van der Waals surface area (Å²) in [4.78, 5) is 4.23. The highest BCUT2D eigenvalue weighted by Gasteiger charge is 2.10. The number of rotatable bonds is 5. The van der Waals surface area contributed by atoms with Crippen LogP contribution in [0.3, 0.4) is 0 Å². The van der Waals surface area contributed by atoms with Crippen LogP contribution in [-0.2, 0) is 13.2 Å². The smallest absolute Gasteiger partial charge is 0.191 e. The Bertz CT molecular complexity index is 716. The van der Waals surface area contributed by atoms with Gasteiger partial charge in [-0.25, -0.2) is 4.39 Å². The molecule has 24 heavy (non-hydrogen) atoms. The summed E-state index contributed by atoms with van der Waals surface area (Å²) in [6, 6.07) is 13.0. The summed E-state index contributed by atoms with van der Waals surface area (Å²) in [5.74, 6) is 0.276. The number of aliphatic hydroxyl groups excluding tert-OH is 1. The van der Waals surface area contributed by atoms with Crippen molar-refractivity contribution < 1.29 is 9.50 Å².